The molecule has 0 spiro atoms. The van der Waals surface area contributed by atoms with Gasteiger partial charge in [0.25, 0.3) is 0 Å². The molecule has 1 atom stereocenters. The van der Waals surface area contributed by atoms with Crippen molar-refractivity contribution in [1.29, 1.82) is 0 Å². The third-order valence-electron chi connectivity index (χ3n) is 5.16. The minimum absolute atomic E-state index is 0.0891. The molecule has 1 unspecified atom stereocenters. The van der Waals surface area contributed by atoms with Crippen molar-refractivity contribution in [3.05, 3.63) is 69.2 Å². The smallest absolute Gasteiger partial charge is 0.358 e. The molecule has 35 heavy (non-hydrogen) atoms. The molecule has 2 aromatic carbocycles. The number of hydrogen-bond acceptors (Lipinski definition) is 8. The highest BCUT2D eigenvalue weighted by Gasteiger charge is 2.42. The fourth-order valence-corrected chi connectivity index (χ4v) is 6.42. The maximum absolute atomic E-state index is 14.3. The van der Waals surface area contributed by atoms with Gasteiger partial charge in [0.2, 0.25) is 5.43 Å². The number of ether oxygens (including phenoxy) is 1. The maximum atomic E-state index is 14.3. The Kier molecular flexibility index (Phi) is 7.43. The van der Waals surface area contributed by atoms with E-state index in [1.165, 1.54) is 19.6 Å². The highest BCUT2D eigenvalue weighted by atomic mass is 79.9. The minimum Gasteiger partial charge on any atom is -0.495 e. The summed E-state index contributed by atoms with van der Waals surface area (Å²) in [7, 11) is -2.48. The monoisotopic (exact) mass is 563 g/mol. The number of rotatable bonds is 9. The number of methoxy groups -OCH3 is 1. The lowest BCUT2D eigenvalue weighted by atomic mass is 10.1. The second kappa shape index (κ2) is 10.2. The molecule has 0 aliphatic heterocycles. The van der Waals surface area contributed by atoms with Crippen LogP contribution in [0.2, 0.25) is 0 Å². The standard InChI is InChI=1S/C25H27BrNO7P/c1-14(2)33-35(29,34-15(3)4)25(27-17-8-6-16(26)7-9-17)19-13-32-21-12-20-18(10-11-31-20)24(30-5)22(21)23(19)28/h6-15,25,27H,1-5H3. The normalized spacial score (nSPS) is 13.1. The van der Waals surface area contributed by atoms with Crippen LogP contribution in [0.3, 0.4) is 0 Å². The first-order valence-electron chi connectivity index (χ1n) is 11.1. The molecule has 10 heteroatoms. The van der Waals surface area contributed by atoms with E-state index in [4.69, 9.17) is 22.6 Å². The predicted octanol–water partition coefficient (Wildman–Crippen LogP) is 7.46. The molecule has 4 aromatic rings. The maximum Gasteiger partial charge on any atom is 0.358 e. The van der Waals surface area contributed by atoms with E-state index in [0.717, 1.165) is 4.47 Å². The summed E-state index contributed by atoms with van der Waals surface area (Å²) in [6.07, 6.45) is 1.94. The summed E-state index contributed by atoms with van der Waals surface area (Å²) < 4.78 is 43.8. The molecule has 2 heterocycles. The zero-order chi connectivity index (χ0) is 25.3. The van der Waals surface area contributed by atoms with Gasteiger partial charge in [-0.1, -0.05) is 15.9 Å². The van der Waals surface area contributed by atoms with Crippen LogP contribution in [0.15, 0.2) is 67.0 Å². The highest BCUT2D eigenvalue weighted by Crippen LogP contribution is 2.62. The van der Waals surface area contributed by atoms with Crippen LogP contribution in [0.5, 0.6) is 5.75 Å². The van der Waals surface area contributed by atoms with Gasteiger partial charge >= 0.3 is 7.60 Å². The van der Waals surface area contributed by atoms with Gasteiger partial charge in [-0.25, -0.2) is 0 Å². The van der Waals surface area contributed by atoms with Crippen molar-refractivity contribution in [1.82, 2.24) is 0 Å². The average Bonchev–Trinajstić information content (AvgIpc) is 3.25. The van der Waals surface area contributed by atoms with E-state index in [-0.39, 0.29) is 16.5 Å². The number of furan rings is 1. The van der Waals surface area contributed by atoms with Crippen molar-refractivity contribution in [3.8, 4) is 5.75 Å². The molecule has 0 aliphatic rings. The SMILES string of the molecule is COc1c2ccoc2cc2occ(C(Nc3ccc(Br)cc3)P(=O)(OC(C)C)OC(C)C)c(=O)c12. The Morgan fingerprint density at radius 2 is 1.63 bits per heavy atom. The van der Waals surface area contributed by atoms with Gasteiger partial charge in [-0.15, -0.1) is 0 Å². The van der Waals surface area contributed by atoms with Crippen LogP contribution in [0.4, 0.5) is 5.69 Å². The van der Waals surface area contributed by atoms with E-state index >= 15 is 0 Å². The Balaban J connectivity index is 1.97. The first-order valence-corrected chi connectivity index (χ1v) is 13.5. The number of halogens is 1. The lowest BCUT2D eigenvalue weighted by Crippen LogP contribution is -2.24. The number of anilines is 1. The number of benzene rings is 2. The first kappa shape index (κ1) is 25.5. The van der Waals surface area contributed by atoms with Gasteiger partial charge < -0.3 is 27.9 Å². The molecule has 0 aliphatic carbocycles. The fourth-order valence-electron chi connectivity index (χ4n) is 3.86. The summed E-state index contributed by atoms with van der Waals surface area (Å²) in [5, 5.41) is 4.03. The summed E-state index contributed by atoms with van der Waals surface area (Å²) in [6, 6.07) is 10.6. The average molecular weight is 564 g/mol. The van der Waals surface area contributed by atoms with Gasteiger partial charge in [0, 0.05) is 16.2 Å². The van der Waals surface area contributed by atoms with Crippen LogP contribution >= 0.6 is 23.5 Å². The molecule has 186 valence electrons. The topological polar surface area (TPSA) is 100 Å². The van der Waals surface area contributed by atoms with E-state index in [2.05, 4.69) is 21.2 Å². The van der Waals surface area contributed by atoms with Gasteiger partial charge in [0.15, 0.2) is 5.78 Å². The van der Waals surface area contributed by atoms with Crippen molar-refractivity contribution < 1.29 is 27.2 Å². The van der Waals surface area contributed by atoms with Gasteiger partial charge in [-0.2, -0.15) is 0 Å². The van der Waals surface area contributed by atoms with Crippen molar-refractivity contribution in [3.63, 3.8) is 0 Å². The summed E-state index contributed by atoms with van der Waals surface area (Å²) >= 11 is 3.41. The molecule has 0 bridgehead atoms. The van der Waals surface area contributed by atoms with Crippen molar-refractivity contribution in [2.75, 3.05) is 12.4 Å². The predicted molar refractivity (Wildman–Crippen MR) is 139 cm³/mol. The van der Waals surface area contributed by atoms with Gasteiger partial charge in [-0.3, -0.25) is 9.36 Å². The molecule has 0 saturated heterocycles. The summed E-state index contributed by atoms with van der Waals surface area (Å²) in [5.74, 6) is -0.840. The van der Waals surface area contributed by atoms with E-state index in [1.54, 1.807) is 52.0 Å². The Morgan fingerprint density at radius 1 is 0.971 bits per heavy atom. The van der Waals surface area contributed by atoms with Crippen LogP contribution < -0.4 is 15.5 Å². The molecule has 0 fully saturated rings. The third-order valence-corrected chi connectivity index (χ3v) is 8.15. The quantitative estimate of drug-likeness (QED) is 0.209. The van der Waals surface area contributed by atoms with Gasteiger partial charge in [-0.05, 0) is 58.0 Å². The zero-order valence-electron chi connectivity index (χ0n) is 20.0. The van der Waals surface area contributed by atoms with Crippen molar-refractivity contribution >= 4 is 51.2 Å². The molecule has 0 radical (unpaired) electrons. The van der Waals surface area contributed by atoms with Gasteiger partial charge in [0.1, 0.15) is 28.6 Å². The lowest BCUT2D eigenvalue weighted by Gasteiger charge is -2.30. The number of hydrogen-bond donors (Lipinski definition) is 1. The second-order valence-corrected chi connectivity index (χ2v) is 11.5. The number of nitrogens with one attached hydrogen (secondary N) is 1. The lowest BCUT2D eigenvalue weighted by molar-refractivity contribution is 0.138. The summed E-state index contributed by atoms with van der Waals surface area (Å²) in [5.41, 5.74) is 1.10. The molecule has 0 saturated carbocycles. The molecule has 2 aromatic heterocycles. The summed E-state index contributed by atoms with van der Waals surface area (Å²) in [6.45, 7) is 7.03. The van der Waals surface area contributed by atoms with Crippen LogP contribution in [-0.4, -0.2) is 19.3 Å². The highest BCUT2D eigenvalue weighted by molar-refractivity contribution is 9.10. The molecular formula is C25H27BrNO7P. The van der Waals surface area contributed by atoms with Crippen LogP contribution in [0.1, 0.15) is 39.0 Å². The Hall–Kier alpha value is -2.58. The van der Waals surface area contributed by atoms with E-state index < -0.39 is 31.0 Å². The first-order chi connectivity index (χ1) is 16.6. The summed E-state index contributed by atoms with van der Waals surface area (Å²) in [4.78, 5) is 13.9. The van der Waals surface area contributed by atoms with Crippen molar-refractivity contribution in [2.45, 2.75) is 45.7 Å². The van der Waals surface area contributed by atoms with Crippen LogP contribution in [0, 0.1) is 0 Å². The molecule has 1 N–H and O–H groups in total. The Morgan fingerprint density at radius 3 is 2.23 bits per heavy atom. The van der Waals surface area contributed by atoms with Crippen molar-refractivity contribution in [2.24, 2.45) is 0 Å². The van der Waals surface area contributed by atoms with E-state index in [9.17, 15) is 9.36 Å². The fraction of sp³-hybridized carbons (Fsp3) is 0.320. The number of fused-ring (bicyclic) bond motifs is 2. The Bertz CT molecular complexity index is 1430. The second-order valence-electron chi connectivity index (χ2n) is 8.54. The zero-order valence-corrected chi connectivity index (χ0v) is 22.5. The van der Waals surface area contributed by atoms with Gasteiger partial charge in [0.05, 0.1) is 36.5 Å². The minimum atomic E-state index is -3.95. The molecule has 4 rings (SSSR count). The molecule has 0 amide bonds. The third kappa shape index (κ3) is 5.19. The largest absolute Gasteiger partial charge is 0.495 e. The Labute approximate surface area is 211 Å². The molecule has 8 nitrogen and oxygen atoms in total. The molecular weight excluding hydrogens is 537 g/mol. The van der Waals surface area contributed by atoms with E-state index in [1.807, 2.05) is 12.1 Å². The van der Waals surface area contributed by atoms with E-state index in [0.29, 0.717) is 22.4 Å². The van der Waals surface area contributed by atoms with Crippen LogP contribution in [-0.2, 0) is 13.6 Å². The van der Waals surface area contributed by atoms with Crippen LogP contribution in [0.25, 0.3) is 21.9 Å².